The van der Waals surface area contributed by atoms with E-state index in [9.17, 15) is 29.1 Å². The normalized spacial score (nSPS) is 17.1. The van der Waals surface area contributed by atoms with E-state index in [1.54, 1.807) is 18.4 Å². The molecule has 5 rings (SSSR count). The monoisotopic (exact) mass is 740 g/mol. The number of hydrogen-bond donors (Lipinski definition) is 2. The minimum absolute atomic E-state index is 0. The van der Waals surface area contributed by atoms with Gasteiger partial charge >= 0.3 is 41.5 Å². The van der Waals surface area contributed by atoms with Crippen LogP contribution >= 0.6 is 46.2 Å². The van der Waals surface area contributed by atoms with Gasteiger partial charge in [0.25, 0.3) is 11.8 Å². The number of nitrogens with zero attached hydrogens (tertiary/aromatic N) is 4. The van der Waals surface area contributed by atoms with E-state index in [1.807, 2.05) is 0 Å². The second-order valence-corrected chi connectivity index (χ2v) is 13.7. The van der Waals surface area contributed by atoms with Gasteiger partial charge in [0.1, 0.15) is 23.7 Å². The van der Waals surface area contributed by atoms with Crippen LogP contribution in [0.4, 0.5) is 5.13 Å². The molecule has 0 bridgehead atoms. The van der Waals surface area contributed by atoms with Crippen LogP contribution in [0.3, 0.4) is 0 Å². The number of esters is 2. The Bertz CT molecular complexity index is 1830. The SMILES string of the molecule is CCO/N=C(/C(=O)N[C@@H]1C(=O)N2C(C(=O)[O-])=C(CSc3nc(-c4ccc(OC(C)=O)c(OC(C)=O)c4)cs3)CS[C@H]12)c1csc(N)n1.[Na+]. The molecule has 0 unspecified atom stereocenters. The molecule has 1 saturated heterocycles. The topological polar surface area (TPSA) is 216 Å². The fraction of sp³-hybridized carbons (Fsp3) is 0.286. The third-order valence-electron chi connectivity index (χ3n) is 6.39. The molecule has 246 valence electrons. The maximum Gasteiger partial charge on any atom is 1.00 e. The molecule has 2 aliphatic heterocycles. The first-order valence-electron chi connectivity index (χ1n) is 13.7. The summed E-state index contributed by atoms with van der Waals surface area (Å²) in [5.41, 5.74) is 7.09. The predicted molar refractivity (Wildman–Crippen MR) is 173 cm³/mol. The molecule has 0 saturated carbocycles. The van der Waals surface area contributed by atoms with Gasteiger partial charge in [-0.3, -0.25) is 24.1 Å². The Hall–Kier alpha value is -3.46. The van der Waals surface area contributed by atoms with Crippen molar-refractivity contribution in [1.82, 2.24) is 20.2 Å². The van der Waals surface area contributed by atoms with Gasteiger partial charge < -0.3 is 35.3 Å². The van der Waals surface area contributed by atoms with Crippen LogP contribution in [0.2, 0.25) is 0 Å². The quantitative estimate of drug-likeness (QED) is 0.0418. The van der Waals surface area contributed by atoms with Gasteiger partial charge in [0.15, 0.2) is 26.7 Å². The van der Waals surface area contributed by atoms with Crippen LogP contribution in [0.25, 0.3) is 11.3 Å². The summed E-state index contributed by atoms with van der Waals surface area (Å²) in [6, 6.07) is 3.67. The number of anilines is 1. The molecule has 3 N–H and O–H groups in total. The van der Waals surface area contributed by atoms with Gasteiger partial charge in [0.05, 0.1) is 17.4 Å². The molecule has 20 heteroatoms. The molecule has 2 amide bonds. The van der Waals surface area contributed by atoms with Crippen LogP contribution in [0, 0.1) is 0 Å². The summed E-state index contributed by atoms with van der Waals surface area (Å²) < 4.78 is 10.9. The maximum atomic E-state index is 13.2. The first kappa shape index (κ1) is 37.4. The van der Waals surface area contributed by atoms with Crippen LogP contribution < -0.4 is 55.2 Å². The smallest absolute Gasteiger partial charge is 0.543 e. The molecule has 2 atom stereocenters. The van der Waals surface area contributed by atoms with Crippen LogP contribution in [0.15, 0.2) is 49.7 Å². The summed E-state index contributed by atoms with van der Waals surface area (Å²) in [6.07, 6.45) is 0. The first-order valence-corrected chi connectivity index (χ1v) is 17.5. The second-order valence-electron chi connectivity index (χ2n) is 9.67. The van der Waals surface area contributed by atoms with E-state index in [4.69, 9.17) is 20.0 Å². The minimum atomic E-state index is -1.51. The molecule has 2 aliphatic rings. The zero-order valence-electron chi connectivity index (χ0n) is 25.8. The van der Waals surface area contributed by atoms with E-state index < -0.39 is 41.1 Å². The third kappa shape index (κ3) is 8.39. The molecule has 48 heavy (non-hydrogen) atoms. The van der Waals surface area contributed by atoms with E-state index in [0.717, 1.165) is 16.2 Å². The van der Waals surface area contributed by atoms with Crippen LogP contribution in [-0.4, -0.2) is 79.8 Å². The van der Waals surface area contributed by atoms with E-state index in [0.29, 0.717) is 21.2 Å². The number of thioether (sulfide) groups is 2. The molecule has 0 spiro atoms. The minimum Gasteiger partial charge on any atom is -0.543 e. The summed E-state index contributed by atoms with van der Waals surface area (Å²) in [6.45, 7) is 4.33. The van der Waals surface area contributed by atoms with Crippen molar-refractivity contribution in [2.24, 2.45) is 5.16 Å². The summed E-state index contributed by atoms with van der Waals surface area (Å²) in [5.74, 6) is -3.39. The number of nitrogens with two attached hydrogens (primary N) is 1. The number of hydrogen-bond acceptors (Lipinski definition) is 17. The Labute approximate surface area is 312 Å². The number of oxime groups is 1. The molecule has 0 aliphatic carbocycles. The first-order chi connectivity index (χ1) is 22.5. The fourth-order valence-electron chi connectivity index (χ4n) is 4.47. The summed E-state index contributed by atoms with van der Waals surface area (Å²) in [4.78, 5) is 76.3. The number of carboxylic acid groups (broad SMARTS) is 1. The Morgan fingerprint density at radius 2 is 1.85 bits per heavy atom. The largest absolute Gasteiger partial charge is 1.00 e. The standard InChI is InChI=1S/C28H26N6O9S4.Na/c1-4-41-33-20(17-11-45-27(29)30-17)23(37)32-21-24(38)34-22(26(39)40)15(8-44-25(21)34)9-46-28-31-16(10-47-28)14-5-6-18(42-12(2)35)19(7-14)43-13(3)36;/h5-7,10-11,21,25H,4,8-9H2,1-3H3,(H2,29,30)(H,32,37)(H,39,40);/q;+1/p-1/b33-20+;/t21-,25-;/m1./s1. The van der Waals surface area contributed by atoms with Crippen molar-refractivity contribution in [3.63, 3.8) is 0 Å². The van der Waals surface area contributed by atoms with E-state index >= 15 is 0 Å². The van der Waals surface area contributed by atoms with Crippen LogP contribution in [0.5, 0.6) is 11.5 Å². The van der Waals surface area contributed by atoms with E-state index in [1.165, 1.54) is 66.2 Å². The van der Waals surface area contributed by atoms with E-state index in [-0.39, 0.29) is 81.4 Å². The molecule has 1 fully saturated rings. The Morgan fingerprint density at radius 3 is 2.50 bits per heavy atom. The number of carbonyl (C=O) groups is 5. The number of carboxylic acids is 1. The number of thiazole rings is 2. The molecule has 0 radical (unpaired) electrons. The second kappa shape index (κ2) is 16.3. The zero-order valence-corrected chi connectivity index (χ0v) is 31.1. The molecular formula is C28H25N6NaO9S4. The molecule has 15 nitrogen and oxygen atoms in total. The van der Waals surface area contributed by atoms with Crippen molar-refractivity contribution in [3.8, 4) is 22.8 Å². The summed E-state index contributed by atoms with van der Waals surface area (Å²) >= 11 is 5.00. The molecule has 4 heterocycles. The Balaban J connectivity index is 0.00000520. The fourth-order valence-corrected chi connectivity index (χ4v) is 8.34. The van der Waals surface area contributed by atoms with Crippen molar-refractivity contribution in [2.45, 2.75) is 36.5 Å². The number of ether oxygens (including phenoxy) is 2. The number of nitrogen functional groups attached to an aromatic ring is 1. The van der Waals surface area contributed by atoms with Gasteiger partial charge in [0.2, 0.25) is 0 Å². The third-order valence-corrected chi connectivity index (χ3v) is 10.5. The Kier molecular flexibility index (Phi) is 12.7. The average Bonchev–Trinajstić information content (AvgIpc) is 3.68. The number of nitrogens with one attached hydrogen (secondary N) is 1. The zero-order chi connectivity index (χ0) is 33.8. The number of benzene rings is 1. The van der Waals surface area contributed by atoms with Gasteiger partial charge in [0, 0.05) is 41.7 Å². The van der Waals surface area contributed by atoms with Gasteiger partial charge in [-0.15, -0.1) is 34.4 Å². The number of β-lactam (4-membered cyclic amide) rings is 1. The average molecular weight is 741 g/mol. The maximum absolute atomic E-state index is 13.2. The van der Waals surface area contributed by atoms with Crippen molar-refractivity contribution in [2.75, 3.05) is 23.8 Å². The van der Waals surface area contributed by atoms with E-state index in [2.05, 4.69) is 20.4 Å². The van der Waals surface area contributed by atoms with Crippen molar-refractivity contribution in [1.29, 1.82) is 0 Å². The summed E-state index contributed by atoms with van der Waals surface area (Å²) in [5, 5.41) is 21.5. The van der Waals surface area contributed by atoms with Gasteiger partial charge in [-0.05, 0) is 30.7 Å². The number of aromatic nitrogens is 2. The molecular weight excluding hydrogens is 716 g/mol. The van der Waals surface area contributed by atoms with Gasteiger partial charge in [-0.25, -0.2) is 9.97 Å². The van der Waals surface area contributed by atoms with Crippen LogP contribution in [-0.2, 0) is 28.8 Å². The number of amides is 2. The molecule has 3 aromatic rings. The Morgan fingerprint density at radius 1 is 1.12 bits per heavy atom. The molecule has 2 aromatic heterocycles. The molecule has 1 aromatic carbocycles. The predicted octanol–water partition coefficient (Wildman–Crippen LogP) is -1.36. The van der Waals surface area contributed by atoms with Crippen LogP contribution in [0.1, 0.15) is 26.5 Å². The van der Waals surface area contributed by atoms with Gasteiger partial charge in [-0.2, -0.15) is 0 Å². The summed E-state index contributed by atoms with van der Waals surface area (Å²) in [7, 11) is 0. The van der Waals surface area contributed by atoms with Crippen molar-refractivity contribution < 1.29 is 72.9 Å². The van der Waals surface area contributed by atoms with Crippen molar-refractivity contribution >= 4 is 86.8 Å². The van der Waals surface area contributed by atoms with Crippen molar-refractivity contribution in [3.05, 3.63) is 45.9 Å². The number of carbonyl (C=O) groups excluding carboxylic acids is 5. The number of aliphatic carboxylic acids is 1. The number of fused-ring (bicyclic) bond motifs is 1. The number of rotatable bonds is 12. The van der Waals surface area contributed by atoms with Gasteiger partial charge in [-0.1, -0.05) is 16.9 Å².